The molecule has 0 radical (unpaired) electrons. The fourth-order valence-electron chi connectivity index (χ4n) is 2.26. The SMILES string of the molecule is Cc1cc(F)ccc1NC(=O)c1c(C)[nH]c(C(=O)O)c1C. The Balaban J connectivity index is 2.35. The number of halogens is 1. The third-order valence-electron chi connectivity index (χ3n) is 3.32. The molecule has 0 aliphatic carbocycles. The summed E-state index contributed by atoms with van der Waals surface area (Å²) in [4.78, 5) is 26.0. The number of hydrogen-bond donors (Lipinski definition) is 3. The predicted molar refractivity (Wildman–Crippen MR) is 76.3 cm³/mol. The lowest BCUT2D eigenvalue weighted by Gasteiger charge is -2.09. The summed E-state index contributed by atoms with van der Waals surface area (Å²) in [5.74, 6) is -1.93. The number of H-pyrrole nitrogens is 1. The maximum atomic E-state index is 13.0. The van der Waals surface area contributed by atoms with E-state index in [9.17, 15) is 14.0 Å². The monoisotopic (exact) mass is 290 g/mol. The largest absolute Gasteiger partial charge is 0.477 e. The number of carbonyl (C=O) groups is 2. The number of carboxylic acid groups (broad SMARTS) is 1. The Morgan fingerprint density at radius 1 is 1.24 bits per heavy atom. The molecule has 0 bridgehead atoms. The van der Waals surface area contributed by atoms with Crippen molar-refractivity contribution in [1.82, 2.24) is 4.98 Å². The van der Waals surface area contributed by atoms with Crippen molar-refractivity contribution in [3.8, 4) is 0 Å². The number of aromatic nitrogens is 1. The zero-order chi connectivity index (χ0) is 15.7. The summed E-state index contributed by atoms with van der Waals surface area (Å²) >= 11 is 0. The van der Waals surface area contributed by atoms with Crippen LogP contribution in [0.25, 0.3) is 0 Å². The molecule has 1 amide bonds. The van der Waals surface area contributed by atoms with Crippen LogP contribution in [0.5, 0.6) is 0 Å². The van der Waals surface area contributed by atoms with Crippen molar-refractivity contribution in [3.05, 3.63) is 52.1 Å². The highest BCUT2D eigenvalue weighted by molar-refractivity contribution is 6.08. The fourth-order valence-corrected chi connectivity index (χ4v) is 2.26. The van der Waals surface area contributed by atoms with Gasteiger partial charge in [-0.3, -0.25) is 4.79 Å². The molecular formula is C15H15FN2O3. The predicted octanol–water partition coefficient (Wildman–Crippen LogP) is 3.03. The first-order chi connectivity index (χ1) is 9.81. The van der Waals surface area contributed by atoms with Crippen molar-refractivity contribution in [2.75, 3.05) is 5.32 Å². The molecule has 2 rings (SSSR count). The van der Waals surface area contributed by atoms with Gasteiger partial charge >= 0.3 is 5.97 Å². The smallest absolute Gasteiger partial charge is 0.352 e. The Kier molecular flexibility index (Phi) is 3.80. The van der Waals surface area contributed by atoms with Gasteiger partial charge in [-0.25, -0.2) is 9.18 Å². The van der Waals surface area contributed by atoms with Crippen molar-refractivity contribution < 1.29 is 19.1 Å². The van der Waals surface area contributed by atoms with Crippen molar-refractivity contribution in [2.24, 2.45) is 0 Å². The molecule has 0 aliphatic rings. The molecular weight excluding hydrogens is 275 g/mol. The van der Waals surface area contributed by atoms with Gasteiger partial charge in [0, 0.05) is 11.4 Å². The molecule has 0 unspecified atom stereocenters. The molecule has 0 spiro atoms. The lowest BCUT2D eigenvalue weighted by atomic mass is 10.1. The number of aromatic amines is 1. The standard InChI is InChI=1S/C15H15FN2O3/c1-7-6-10(16)4-5-11(7)18-14(19)12-8(2)13(15(20)21)17-9(12)3/h4-6,17H,1-3H3,(H,18,19)(H,20,21). The Morgan fingerprint density at radius 3 is 2.43 bits per heavy atom. The van der Waals surface area contributed by atoms with Crippen LogP contribution in [0.4, 0.5) is 10.1 Å². The number of nitrogens with one attached hydrogen (secondary N) is 2. The molecule has 1 heterocycles. The molecule has 0 saturated carbocycles. The lowest BCUT2D eigenvalue weighted by molar-refractivity contribution is 0.0690. The molecule has 5 nitrogen and oxygen atoms in total. The molecule has 1 aromatic carbocycles. The van der Waals surface area contributed by atoms with E-state index in [0.717, 1.165) is 0 Å². The minimum atomic E-state index is -1.12. The van der Waals surface area contributed by atoms with Crippen LogP contribution in [0.3, 0.4) is 0 Å². The molecule has 0 aliphatic heterocycles. The van der Waals surface area contributed by atoms with Gasteiger partial charge in [0.25, 0.3) is 5.91 Å². The van der Waals surface area contributed by atoms with Crippen molar-refractivity contribution in [1.29, 1.82) is 0 Å². The van der Waals surface area contributed by atoms with Crippen LogP contribution in [-0.2, 0) is 0 Å². The number of rotatable bonds is 3. The Hall–Kier alpha value is -2.63. The summed E-state index contributed by atoms with van der Waals surface area (Å²) in [6.45, 7) is 4.88. The van der Waals surface area contributed by atoms with Gasteiger partial charge in [0.15, 0.2) is 0 Å². The molecule has 1 aromatic heterocycles. The third kappa shape index (κ3) is 2.79. The molecule has 110 valence electrons. The second-order valence-electron chi connectivity index (χ2n) is 4.84. The average Bonchev–Trinajstić information content (AvgIpc) is 2.68. The number of benzene rings is 1. The van der Waals surface area contributed by atoms with Gasteiger partial charge in [-0.1, -0.05) is 0 Å². The van der Waals surface area contributed by atoms with E-state index in [0.29, 0.717) is 22.5 Å². The Labute approximate surface area is 120 Å². The number of hydrogen-bond acceptors (Lipinski definition) is 2. The molecule has 0 fully saturated rings. The van der Waals surface area contributed by atoms with Gasteiger partial charge in [-0.15, -0.1) is 0 Å². The first-order valence-corrected chi connectivity index (χ1v) is 6.31. The van der Waals surface area contributed by atoms with E-state index in [-0.39, 0.29) is 17.1 Å². The number of carbonyl (C=O) groups excluding carboxylic acids is 1. The molecule has 2 aromatic rings. The fraction of sp³-hybridized carbons (Fsp3) is 0.200. The number of amides is 1. The highest BCUT2D eigenvalue weighted by Gasteiger charge is 2.21. The maximum Gasteiger partial charge on any atom is 0.352 e. The lowest BCUT2D eigenvalue weighted by Crippen LogP contribution is -2.14. The maximum absolute atomic E-state index is 13.0. The summed E-state index contributed by atoms with van der Waals surface area (Å²) in [5.41, 5.74) is 2.20. The van der Waals surface area contributed by atoms with E-state index in [2.05, 4.69) is 10.3 Å². The summed E-state index contributed by atoms with van der Waals surface area (Å²) in [5, 5.41) is 11.7. The van der Waals surface area contributed by atoms with Crippen molar-refractivity contribution in [2.45, 2.75) is 20.8 Å². The molecule has 3 N–H and O–H groups in total. The molecule has 0 atom stereocenters. The van der Waals surface area contributed by atoms with Crippen LogP contribution in [-0.4, -0.2) is 22.0 Å². The van der Waals surface area contributed by atoms with Gasteiger partial charge in [0.2, 0.25) is 0 Å². The highest BCUT2D eigenvalue weighted by Crippen LogP contribution is 2.21. The van der Waals surface area contributed by atoms with E-state index in [1.54, 1.807) is 20.8 Å². The quantitative estimate of drug-likeness (QED) is 0.812. The van der Waals surface area contributed by atoms with Crippen LogP contribution < -0.4 is 5.32 Å². The summed E-state index contributed by atoms with van der Waals surface area (Å²) < 4.78 is 13.0. The summed E-state index contributed by atoms with van der Waals surface area (Å²) in [7, 11) is 0. The second kappa shape index (κ2) is 5.40. The van der Waals surface area contributed by atoms with Gasteiger partial charge in [0.1, 0.15) is 11.5 Å². The van der Waals surface area contributed by atoms with E-state index < -0.39 is 11.9 Å². The van der Waals surface area contributed by atoms with Gasteiger partial charge in [0.05, 0.1) is 5.56 Å². The number of aryl methyl sites for hydroxylation is 2. The topological polar surface area (TPSA) is 82.2 Å². The van der Waals surface area contributed by atoms with Crippen LogP contribution in [0.2, 0.25) is 0 Å². The van der Waals surface area contributed by atoms with Gasteiger partial charge in [-0.05, 0) is 50.1 Å². The normalized spacial score (nSPS) is 10.5. The Bertz CT molecular complexity index is 735. The average molecular weight is 290 g/mol. The van der Waals surface area contributed by atoms with Crippen LogP contribution in [0.15, 0.2) is 18.2 Å². The van der Waals surface area contributed by atoms with Gasteiger partial charge in [-0.2, -0.15) is 0 Å². The first kappa shape index (κ1) is 14.8. The summed E-state index contributed by atoms with van der Waals surface area (Å²) in [6.07, 6.45) is 0. The molecule has 6 heteroatoms. The highest BCUT2D eigenvalue weighted by atomic mass is 19.1. The number of anilines is 1. The van der Waals surface area contributed by atoms with Crippen molar-refractivity contribution >= 4 is 17.6 Å². The number of aromatic carboxylic acids is 1. The van der Waals surface area contributed by atoms with Crippen LogP contribution in [0, 0.1) is 26.6 Å². The molecule has 21 heavy (non-hydrogen) atoms. The van der Waals surface area contributed by atoms with Crippen LogP contribution >= 0.6 is 0 Å². The van der Waals surface area contributed by atoms with E-state index >= 15 is 0 Å². The van der Waals surface area contributed by atoms with E-state index in [1.165, 1.54) is 18.2 Å². The van der Waals surface area contributed by atoms with E-state index in [4.69, 9.17) is 5.11 Å². The second-order valence-corrected chi connectivity index (χ2v) is 4.84. The number of carboxylic acids is 1. The zero-order valence-electron chi connectivity index (χ0n) is 11.9. The molecule has 0 saturated heterocycles. The first-order valence-electron chi connectivity index (χ1n) is 6.31. The zero-order valence-corrected chi connectivity index (χ0v) is 11.9. The van der Waals surface area contributed by atoms with E-state index in [1.807, 2.05) is 0 Å². The minimum absolute atomic E-state index is 0.00604. The third-order valence-corrected chi connectivity index (χ3v) is 3.32. The van der Waals surface area contributed by atoms with Crippen LogP contribution in [0.1, 0.15) is 37.7 Å². The minimum Gasteiger partial charge on any atom is -0.477 e. The summed E-state index contributed by atoms with van der Waals surface area (Å²) in [6, 6.07) is 4.04. The van der Waals surface area contributed by atoms with Crippen molar-refractivity contribution in [3.63, 3.8) is 0 Å². The van der Waals surface area contributed by atoms with Gasteiger partial charge < -0.3 is 15.4 Å². The Morgan fingerprint density at radius 2 is 1.90 bits per heavy atom.